The third-order valence-corrected chi connectivity index (χ3v) is 3.18. The van der Waals surface area contributed by atoms with Gasteiger partial charge in [0.1, 0.15) is 0 Å². The largest absolute Gasteiger partial charge is 0.378 e. The van der Waals surface area contributed by atoms with Crippen molar-refractivity contribution in [3.05, 3.63) is 65.7 Å². The summed E-state index contributed by atoms with van der Waals surface area (Å²) in [5, 5.41) is 0.593. The van der Waals surface area contributed by atoms with Crippen molar-refractivity contribution in [2.45, 2.75) is 6.42 Å². The minimum atomic E-state index is 0.593. The highest BCUT2D eigenvalue weighted by atomic mass is 32.2. The Hall–Kier alpha value is -1.74. The molecule has 0 aromatic heterocycles. The van der Waals surface area contributed by atoms with Crippen molar-refractivity contribution in [1.82, 2.24) is 0 Å². The minimum absolute atomic E-state index is 0.593. The van der Waals surface area contributed by atoms with Crippen LogP contribution in [0.4, 0.5) is 5.69 Å². The van der Waals surface area contributed by atoms with Crippen LogP contribution < -0.4 is 5.73 Å². The van der Waals surface area contributed by atoms with Crippen LogP contribution >= 0.6 is 11.8 Å². The predicted molar refractivity (Wildman–Crippen MR) is 80.5 cm³/mol. The Labute approximate surface area is 112 Å². The Balaban J connectivity index is 2.28. The fourth-order valence-corrected chi connectivity index (χ4v) is 1.94. The monoisotopic (exact) mass is 256 g/mol. The van der Waals surface area contributed by atoms with Crippen LogP contribution in [0.2, 0.25) is 0 Å². The first-order valence-electron chi connectivity index (χ1n) is 5.79. The lowest BCUT2D eigenvalue weighted by atomic mass is 10.0. The van der Waals surface area contributed by atoms with Crippen molar-refractivity contribution in [3.63, 3.8) is 0 Å². The van der Waals surface area contributed by atoms with Crippen molar-refractivity contribution in [1.29, 1.82) is 0 Å². The molecule has 0 amide bonds. The van der Waals surface area contributed by atoms with E-state index in [9.17, 15) is 0 Å². The molecule has 0 fully saturated rings. The maximum atomic E-state index is 5.78. The van der Waals surface area contributed by atoms with Gasteiger partial charge in [0.25, 0.3) is 0 Å². The standard InChI is InChI=1S/C15H16N2S/c1-18-15(16)17-14-10-6-5-9-13(14)11-12-7-3-2-4-8-12/h2-10H,11H2,1H3,(H2,16,17). The number of benzene rings is 2. The normalized spacial score (nSPS) is 11.5. The van der Waals surface area contributed by atoms with Crippen molar-refractivity contribution in [2.75, 3.05) is 6.26 Å². The number of para-hydroxylation sites is 1. The summed E-state index contributed by atoms with van der Waals surface area (Å²) in [6.45, 7) is 0. The molecule has 0 aliphatic rings. The van der Waals surface area contributed by atoms with Gasteiger partial charge in [-0.25, -0.2) is 4.99 Å². The van der Waals surface area contributed by atoms with E-state index in [1.165, 1.54) is 22.9 Å². The second-order valence-corrected chi connectivity index (χ2v) is 4.77. The van der Waals surface area contributed by atoms with Crippen LogP contribution in [-0.2, 0) is 6.42 Å². The highest BCUT2D eigenvalue weighted by molar-refractivity contribution is 8.13. The van der Waals surface area contributed by atoms with E-state index in [1.807, 2.05) is 30.5 Å². The van der Waals surface area contributed by atoms with E-state index >= 15 is 0 Å². The Kier molecular flexibility index (Phi) is 4.42. The van der Waals surface area contributed by atoms with Crippen LogP contribution in [0.25, 0.3) is 0 Å². The Morgan fingerprint density at radius 1 is 1.06 bits per heavy atom. The number of nitrogens with zero attached hydrogens (tertiary/aromatic N) is 1. The van der Waals surface area contributed by atoms with Crippen LogP contribution in [0.15, 0.2) is 59.6 Å². The van der Waals surface area contributed by atoms with E-state index in [0.717, 1.165) is 12.1 Å². The lowest BCUT2D eigenvalue weighted by Gasteiger charge is -2.06. The van der Waals surface area contributed by atoms with Gasteiger partial charge in [0.05, 0.1) is 5.69 Å². The van der Waals surface area contributed by atoms with E-state index in [-0.39, 0.29) is 0 Å². The molecule has 0 atom stereocenters. The van der Waals surface area contributed by atoms with E-state index < -0.39 is 0 Å². The van der Waals surface area contributed by atoms with Crippen molar-refractivity contribution in [2.24, 2.45) is 10.7 Å². The summed E-state index contributed by atoms with van der Waals surface area (Å²) >= 11 is 1.46. The van der Waals surface area contributed by atoms with Gasteiger partial charge in [-0.3, -0.25) is 0 Å². The lowest BCUT2D eigenvalue weighted by molar-refractivity contribution is 1.18. The van der Waals surface area contributed by atoms with Gasteiger partial charge in [-0.1, -0.05) is 60.3 Å². The summed E-state index contributed by atoms with van der Waals surface area (Å²) in [7, 11) is 0. The molecule has 2 N–H and O–H groups in total. The first-order valence-corrected chi connectivity index (χ1v) is 7.02. The molecule has 0 heterocycles. The SMILES string of the molecule is CSC(N)=Nc1ccccc1Cc1ccccc1. The number of amidine groups is 1. The number of aliphatic imine (C=N–C) groups is 1. The zero-order valence-corrected chi connectivity index (χ0v) is 11.2. The summed E-state index contributed by atoms with van der Waals surface area (Å²) in [4.78, 5) is 4.43. The highest BCUT2D eigenvalue weighted by Crippen LogP contribution is 2.22. The Bertz CT molecular complexity index is 535. The fourth-order valence-electron chi connectivity index (χ4n) is 1.75. The topological polar surface area (TPSA) is 38.4 Å². The van der Waals surface area contributed by atoms with Gasteiger partial charge in [-0.05, 0) is 29.9 Å². The molecule has 2 nitrogen and oxygen atoms in total. The number of nitrogens with two attached hydrogens (primary N) is 1. The summed E-state index contributed by atoms with van der Waals surface area (Å²) in [6.07, 6.45) is 2.81. The van der Waals surface area contributed by atoms with E-state index in [2.05, 4.69) is 35.3 Å². The zero-order valence-electron chi connectivity index (χ0n) is 10.3. The van der Waals surface area contributed by atoms with Gasteiger partial charge < -0.3 is 5.73 Å². The minimum Gasteiger partial charge on any atom is -0.378 e. The molecule has 3 heteroatoms. The first-order chi connectivity index (χ1) is 8.79. The molecule has 0 radical (unpaired) electrons. The zero-order chi connectivity index (χ0) is 12.8. The first kappa shape index (κ1) is 12.7. The number of thioether (sulfide) groups is 1. The number of rotatable bonds is 3. The second kappa shape index (κ2) is 6.26. The van der Waals surface area contributed by atoms with Gasteiger partial charge in [-0.2, -0.15) is 0 Å². The van der Waals surface area contributed by atoms with Gasteiger partial charge in [0, 0.05) is 0 Å². The summed E-state index contributed by atoms with van der Waals surface area (Å²) in [6, 6.07) is 18.5. The molecule has 0 spiro atoms. The smallest absolute Gasteiger partial charge is 0.158 e. The summed E-state index contributed by atoms with van der Waals surface area (Å²) in [5.74, 6) is 0. The van der Waals surface area contributed by atoms with Crippen LogP contribution in [0.5, 0.6) is 0 Å². The highest BCUT2D eigenvalue weighted by Gasteiger charge is 2.02. The molecule has 0 bridgehead atoms. The van der Waals surface area contributed by atoms with Crippen LogP contribution in [0.1, 0.15) is 11.1 Å². The lowest BCUT2D eigenvalue weighted by Crippen LogP contribution is -2.04. The third-order valence-electron chi connectivity index (χ3n) is 2.67. The molecular formula is C15H16N2S. The van der Waals surface area contributed by atoms with Gasteiger partial charge >= 0.3 is 0 Å². The molecule has 0 saturated carbocycles. The van der Waals surface area contributed by atoms with Crippen LogP contribution in [-0.4, -0.2) is 11.4 Å². The van der Waals surface area contributed by atoms with E-state index in [0.29, 0.717) is 5.17 Å². The molecular weight excluding hydrogens is 240 g/mol. The summed E-state index contributed by atoms with van der Waals surface area (Å²) in [5.41, 5.74) is 9.21. The quantitative estimate of drug-likeness (QED) is 0.673. The molecule has 0 aliphatic carbocycles. The van der Waals surface area contributed by atoms with Crippen molar-refractivity contribution < 1.29 is 0 Å². The van der Waals surface area contributed by atoms with Crippen LogP contribution in [0.3, 0.4) is 0 Å². The van der Waals surface area contributed by atoms with E-state index in [1.54, 1.807) is 0 Å². The Morgan fingerprint density at radius 3 is 2.44 bits per heavy atom. The van der Waals surface area contributed by atoms with Gasteiger partial charge in [-0.15, -0.1) is 0 Å². The van der Waals surface area contributed by atoms with Crippen molar-refractivity contribution >= 4 is 22.6 Å². The predicted octanol–water partition coefficient (Wildman–Crippen LogP) is 3.59. The third kappa shape index (κ3) is 3.37. The van der Waals surface area contributed by atoms with E-state index in [4.69, 9.17) is 5.73 Å². The molecule has 2 rings (SSSR count). The molecule has 92 valence electrons. The molecule has 0 aliphatic heterocycles. The van der Waals surface area contributed by atoms with Crippen LogP contribution in [0, 0.1) is 0 Å². The molecule has 0 saturated heterocycles. The molecule has 0 unspecified atom stereocenters. The molecule has 18 heavy (non-hydrogen) atoms. The maximum absolute atomic E-state index is 5.78. The van der Waals surface area contributed by atoms with Gasteiger partial charge in [0.2, 0.25) is 0 Å². The van der Waals surface area contributed by atoms with Crippen molar-refractivity contribution in [3.8, 4) is 0 Å². The summed E-state index contributed by atoms with van der Waals surface area (Å²) < 4.78 is 0. The molecule has 2 aromatic rings. The fraction of sp³-hybridized carbons (Fsp3) is 0.133. The number of hydrogen-bond donors (Lipinski definition) is 1. The number of hydrogen-bond acceptors (Lipinski definition) is 2. The average molecular weight is 256 g/mol. The van der Waals surface area contributed by atoms with Gasteiger partial charge in [0.15, 0.2) is 5.17 Å². The Morgan fingerprint density at radius 2 is 1.72 bits per heavy atom. The average Bonchev–Trinajstić information content (AvgIpc) is 2.42. The molecule has 2 aromatic carbocycles. The maximum Gasteiger partial charge on any atom is 0.158 e. The second-order valence-electron chi connectivity index (χ2n) is 3.95.